The molecule has 0 fully saturated rings. The zero-order valence-corrected chi connectivity index (χ0v) is 11.5. The van der Waals surface area contributed by atoms with Crippen LogP contribution in [-0.4, -0.2) is 24.9 Å². The van der Waals surface area contributed by atoms with Crippen molar-refractivity contribution >= 4 is 10.0 Å². The van der Waals surface area contributed by atoms with Crippen molar-refractivity contribution in [3.8, 4) is 5.75 Å². The number of rotatable bonds is 4. The largest absolute Gasteiger partial charge is 0.508 e. The van der Waals surface area contributed by atoms with Gasteiger partial charge in [0, 0.05) is 7.05 Å². The second-order valence-electron chi connectivity index (χ2n) is 4.27. The van der Waals surface area contributed by atoms with Crippen molar-refractivity contribution in [1.82, 2.24) is 4.31 Å². The summed E-state index contributed by atoms with van der Waals surface area (Å²) in [6.07, 6.45) is 0. The second kappa shape index (κ2) is 5.07. The summed E-state index contributed by atoms with van der Waals surface area (Å²) in [5, 5.41) is 9.35. The van der Waals surface area contributed by atoms with E-state index in [0.717, 1.165) is 5.76 Å². The maximum atomic E-state index is 12.3. The molecule has 1 aromatic heterocycles. The average molecular weight is 281 g/mol. The molecule has 1 N–H and O–H groups in total. The van der Waals surface area contributed by atoms with Gasteiger partial charge in [0.2, 0.25) is 10.0 Å². The van der Waals surface area contributed by atoms with Gasteiger partial charge in [-0.2, -0.15) is 4.31 Å². The van der Waals surface area contributed by atoms with E-state index in [-0.39, 0.29) is 17.2 Å². The molecule has 1 aromatic carbocycles. The Kier molecular flexibility index (Phi) is 3.64. The Balaban J connectivity index is 2.24. The van der Waals surface area contributed by atoms with E-state index in [9.17, 15) is 13.5 Å². The first kappa shape index (κ1) is 13.6. The molecule has 6 heteroatoms. The van der Waals surface area contributed by atoms with Crippen molar-refractivity contribution in [2.24, 2.45) is 0 Å². The maximum Gasteiger partial charge on any atom is 0.243 e. The Morgan fingerprint density at radius 2 is 2.00 bits per heavy atom. The average Bonchev–Trinajstić information content (AvgIpc) is 2.74. The molecule has 2 rings (SSSR count). The molecule has 0 saturated carbocycles. The zero-order chi connectivity index (χ0) is 14.0. The molecule has 5 nitrogen and oxygen atoms in total. The van der Waals surface area contributed by atoms with E-state index in [4.69, 9.17) is 4.42 Å². The summed E-state index contributed by atoms with van der Waals surface area (Å²) in [6.45, 7) is 1.94. The number of furan rings is 1. The van der Waals surface area contributed by atoms with E-state index in [1.165, 1.54) is 35.6 Å². The van der Waals surface area contributed by atoms with Crippen LogP contribution in [0.4, 0.5) is 0 Å². The van der Waals surface area contributed by atoms with Gasteiger partial charge in [-0.05, 0) is 37.3 Å². The Bertz CT molecular complexity index is 675. The van der Waals surface area contributed by atoms with Crippen molar-refractivity contribution in [3.63, 3.8) is 0 Å². The minimum Gasteiger partial charge on any atom is -0.508 e. The number of hydrogen-bond donors (Lipinski definition) is 1. The summed E-state index contributed by atoms with van der Waals surface area (Å²) in [6, 6.07) is 9.11. The maximum absolute atomic E-state index is 12.3. The minimum atomic E-state index is -3.64. The second-order valence-corrected chi connectivity index (χ2v) is 6.32. The van der Waals surface area contributed by atoms with Gasteiger partial charge in [0.25, 0.3) is 0 Å². The number of sulfonamides is 1. The third-order valence-corrected chi connectivity index (χ3v) is 4.50. The first-order valence-electron chi connectivity index (χ1n) is 5.70. The summed E-state index contributed by atoms with van der Waals surface area (Å²) in [5.41, 5.74) is 0. The molecule has 0 amide bonds. The Morgan fingerprint density at radius 1 is 1.26 bits per heavy atom. The van der Waals surface area contributed by atoms with E-state index < -0.39 is 10.0 Å². The molecule has 0 radical (unpaired) electrons. The molecule has 2 aromatic rings. The molecule has 0 aliphatic carbocycles. The lowest BCUT2D eigenvalue weighted by atomic mass is 10.3. The Labute approximate surface area is 112 Å². The van der Waals surface area contributed by atoms with Gasteiger partial charge in [-0.25, -0.2) is 8.42 Å². The molecule has 1 heterocycles. The number of phenolic OH excluding ortho intramolecular Hbond substituents is 1. The Hall–Kier alpha value is -1.79. The fraction of sp³-hybridized carbons (Fsp3) is 0.231. The predicted octanol–water partition coefficient (Wildman–Crippen LogP) is 2.11. The number of hydrogen-bond acceptors (Lipinski definition) is 4. The molecule has 19 heavy (non-hydrogen) atoms. The summed E-state index contributed by atoms with van der Waals surface area (Å²) < 4.78 is 31.1. The van der Waals surface area contributed by atoms with Crippen LogP contribution in [0.5, 0.6) is 5.75 Å². The van der Waals surface area contributed by atoms with Crippen LogP contribution < -0.4 is 0 Å². The van der Waals surface area contributed by atoms with Crippen LogP contribution in [0.2, 0.25) is 0 Å². The van der Waals surface area contributed by atoms with Crippen LogP contribution >= 0.6 is 0 Å². The molecule has 102 valence electrons. The molecule has 0 atom stereocenters. The predicted molar refractivity (Wildman–Crippen MR) is 70.2 cm³/mol. The number of aryl methyl sites for hydroxylation is 1. The fourth-order valence-electron chi connectivity index (χ4n) is 1.70. The van der Waals surface area contributed by atoms with Crippen molar-refractivity contribution in [3.05, 3.63) is 47.9 Å². The highest BCUT2D eigenvalue weighted by Crippen LogP contribution is 2.21. The van der Waals surface area contributed by atoms with Crippen LogP contribution in [0.1, 0.15) is 11.5 Å². The Morgan fingerprint density at radius 3 is 2.58 bits per heavy atom. The summed E-state index contributed by atoms with van der Waals surface area (Å²) in [7, 11) is -2.17. The summed E-state index contributed by atoms with van der Waals surface area (Å²) in [5.74, 6) is 1.23. The zero-order valence-electron chi connectivity index (χ0n) is 10.7. The number of benzene rings is 1. The van der Waals surface area contributed by atoms with Gasteiger partial charge in [0.05, 0.1) is 11.4 Å². The molecular weight excluding hydrogens is 266 g/mol. The monoisotopic (exact) mass is 281 g/mol. The smallest absolute Gasteiger partial charge is 0.243 e. The van der Waals surface area contributed by atoms with Gasteiger partial charge in [-0.1, -0.05) is 6.07 Å². The van der Waals surface area contributed by atoms with Crippen LogP contribution in [0.3, 0.4) is 0 Å². The summed E-state index contributed by atoms with van der Waals surface area (Å²) >= 11 is 0. The first-order chi connectivity index (χ1) is 8.89. The fourth-order valence-corrected chi connectivity index (χ4v) is 2.88. The number of phenols is 1. The van der Waals surface area contributed by atoms with Gasteiger partial charge in [0.1, 0.15) is 17.3 Å². The van der Waals surface area contributed by atoms with Crippen molar-refractivity contribution in [2.45, 2.75) is 18.4 Å². The molecular formula is C13H15NO4S. The quantitative estimate of drug-likeness (QED) is 0.931. The third kappa shape index (κ3) is 2.97. The number of aromatic hydroxyl groups is 1. The van der Waals surface area contributed by atoms with Crippen molar-refractivity contribution in [1.29, 1.82) is 0 Å². The lowest BCUT2D eigenvalue weighted by Gasteiger charge is -2.16. The minimum absolute atomic E-state index is 0.0540. The number of nitrogens with zero attached hydrogens (tertiary/aromatic N) is 1. The van der Waals surface area contributed by atoms with Crippen LogP contribution in [0, 0.1) is 6.92 Å². The molecule has 0 spiro atoms. The highest BCUT2D eigenvalue weighted by atomic mass is 32.2. The van der Waals surface area contributed by atoms with Crippen LogP contribution in [0.15, 0.2) is 45.7 Å². The highest BCUT2D eigenvalue weighted by molar-refractivity contribution is 7.89. The van der Waals surface area contributed by atoms with Crippen LogP contribution in [0.25, 0.3) is 0 Å². The first-order valence-corrected chi connectivity index (χ1v) is 7.14. The molecule has 0 aliphatic rings. The van der Waals surface area contributed by atoms with Gasteiger partial charge in [0.15, 0.2) is 0 Å². The third-order valence-electron chi connectivity index (χ3n) is 2.70. The highest BCUT2D eigenvalue weighted by Gasteiger charge is 2.22. The molecule has 0 aliphatic heterocycles. The molecule has 0 bridgehead atoms. The van der Waals surface area contributed by atoms with E-state index in [1.807, 2.05) is 0 Å². The lowest BCUT2D eigenvalue weighted by molar-refractivity contribution is 0.397. The van der Waals surface area contributed by atoms with Gasteiger partial charge in [-0.3, -0.25) is 0 Å². The van der Waals surface area contributed by atoms with E-state index in [2.05, 4.69) is 0 Å². The topological polar surface area (TPSA) is 70.8 Å². The van der Waals surface area contributed by atoms with Crippen LogP contribution in [-0.2, 0) is 16.6 Å². The normalized spacial score (nSPS) is 11.9. The van der Waals surface area contributed by atoms with E-state index in [1.54, 1.807) is 19.1 Å². The van der Waals surface area contributed by atoms with Gasteiger partial charge >= 0.3 is 0 Å². The van der Waals surface area contributed by atoms with Gasteiger partial charge in [-0.15, -0.1) is 0 Å². The van der Waals surface area contributed by atoms with Gasteiger partial charge < -0.3 is 9.52 Å². The van der Waals surface area contributed by atoms with Crippen molar-refractivity contribution in [2.75, 3.05) is 7.05 Å². The molecule has 0 unspecified atom stereocenters. The van der Waals surface area contributed by atoms with E-state index >= 15 is 0 Å². The standard InChI is InChI=1S/C13H15NO4S/c1-10-6-7-12(18-10)9-14(2)19(16,17)13-5-3-4-11(15)8-13/h3-8,15H,9H2,1-2H3. The molecule has 0 saturated heterocycles. The SMILES string of the molecule is Cc1ccc(CN(C)S(=O)(=O)c2cccc(O)c2)o1. The van der Waals surface area contributed by atoms with E-state index in [0.29, 0.717) is 5.76 Å². The summed E-state index contributed by atoms with van der Waals surface area (Å²) in [4.78, 5) is 0.0540. The lowest BCUT2D eigenvalue weighted by Crippen LogP contribution is -2.26. The van der Waals surface area contributed by atoms with Crippen molar-refractivity contribution < 1.29 is 17.9 Å².